The molecule has 1 amide bonds. The molecule has 2 aromatic rings. The van der Waals surface area contributed by atoms with E-state index in [0.717, 1.165) is 30.6 Å². The van der Waals surface area contributed by atoms with Gasteiger partial charge in [0.2, 0.25) is 5.91 Å². The third-order valence-electron chi connectivity index (χ3n) is 4.64. The van der Waals surface area contributed by atoms with Gasteiger partial charge in [0, 0.05) is 23.7 Å². The van der Waals surface area contributed by atoms with Crippen LogP contribution in [0.25, 0.3) is 0 Å². The van der Waals surface area contributed by atoms with Crippen molar-refractivity contribution in [2.45, 2.75) is 44.7 Å². The second kappa shape index (κ2) is 5.33. The van der Waals surface area contributed by atoms with Gasteiger partial charge in [0.25, 0.3) is 5.56 Å². The lowest BCUT2D eigenvalue weighted by Gasteiger charge is -2.23. The van der Waals surface area contributed by atoms with Gasteiger partial charge in [-0.15, -0.1) is 0 Å². The summed E-state index contributed by atoms with van der Waals surface area (Å²) in [5.74, 6) is 0.383. The Morgan fingerprint density at radius 1 is 1.22 bits per heavy atom. The molecule has 0 bridgehead atoms. The Morgan fingerprint density at radius 3 is 2.78 bits per heavy atom. The van der Waals surface area contributed by atoms with Gasteiger partial charge >= 0.3 is 0 Å². The molecule has 1 unspecified atom stereocenters. The Balaban J connectivity index is 1.61. The predicted molar refractivity (Wildman–Crippen MR) is 87.6 cm³/mol. The quantitative estimate of drug-likeness (QED) is 0.872. The average Bonchev–Trinajstić information content (AvgIpc) is 3.31. The largest absolute Gasteiger partial charge is 0.307 e. The molecule has 5 nitrogen and oxygen atoms in total. The van der Waals surface area contributed by atoms with E-state index in [1.54, 1.807) is 11.0 Å². The highest BCUT2D eigenvalue weighted by atomic mass is 16.2. The third kappa shape index (κ3) is 2.56. The lowest BCUT2D eigenvalue weighted by molar-refractivity contribution is -0.119. The molecule has 1 aromatic heterocycles. The number of aromatic nitrogens is 2. The van der Waals surface area contributed by atoms with E-state index < -0.39 is 0 Å². The summed E-state index contributed by atoms with van der Waals surface area (Å²) in [6.45, 7) is 2.03. The summed E-state index contributed by atoms with van der Waals surface area (Å²) in [5, 5.41) is 4.38. The van der Waals surface area contributed by atoms with E-state index in [-0.39, 0.29) is 24.1 Å². The van der Waals surface area contributed by atoms with Crippen molar-refractivity contribution in [1.29, 1.82) is 0 Å². The summed E-state index contributed by atoms with van der Waals surface area (Å²) >= 11 is 0. The molecule has 0 N–H and O–H groups in total. The number of nitrogens with zero attached hydrogens (tertiary/aromatic N) is 3. The number of fused-ring (bicyclic) bond motifs is 1. The Labute approximate surface area is 134 Å². The van der Waals surface area contributed by atoms with Crippen LogP contribution in [0.15, 0.2) is 41.2 Å². The zero-order chi connectivity index (χ0) is 16.0. The molecule has 2 heterocycles. The third-order valence-corrected chi connectivity index (χ3v) is 4.64. The second-order valence-electron chi connectivity index (χ2n) is 6.47. The first-order valence-electron chi connectivity index (χ1n) is 8.11. The molecule has 1 aliphatic heterocycles. The van der Waals surface area contributed by atoms with Crippen molar-refractivity contribution in [2.24, 2.45) is 0 Å². The van der Waals surface area contributed by atoms with Crippen molar-refractivity contribution in [2.75, 3.05) is 4.90 Å². The Kier molecular flexibility index (Phi) is 3.29. The standard InChI is InChI=1S/C18H19N3O2/c1-12-10-14-4-2-3-5-16(14)21(12)18(23)11-20-17(22)9-8-15(19-20)13-6-7-13/h2-5,8-9,12-13H,6-7,10-11H2,1H3. The van der Waals surface area contributed by atoms with Crippen LogP contribution in [0, 0.1) is 0 Å². The van der Waals surface area contributed by atoms with Crippen LogP contribution in [-0.2, 0) is 17.8 Å². The molecule has 0 spiro atoms. The van der Waals surface area contributed by atoms with Crippen molar-refractivity contribution < 1.29 is 4.79 Å². The summed E-state index contributed by atoms with van der Waals surface area (Å²) in [7, 11) is 0. The molecule has 1 aromatic carbocycles. The first-order valence-corrected chi connectivity index (χ1v) is 8.11. The van der Waals surface area contributed by atoms with E-state index in [9.17, 15) is 9.59 Å². The maximum atomic E-state index is 12.8. The summed E-state index contributed by atoms with van der Waals surface area (Å²) in [4.78, 5) is 26.6. The topological polar surface area (TPSA) is 55.2 Å². The van der Waals surface area contributed by atoms with Crippen molar-refractivity contribution in [3.8, 4) is 0 Å². The Hall–Kier alpha value is -2.43. The maximum absolute atomic E-state index is 12.8. The first kappa shape index (κ1) is 14.2. The minimum Gasteiger partial charge on any atom is -0.307 e. The highest BCUT2D eigenvalue weighted by molar-refractivity contribution is 5.96. The SMILES string of the molecule is CC1Cc2ccccc2N1C(=O)Cn1nc(C2CC2)ccc1=O. The summed E-state index contributed by atoms with van der Waals surface area (Å²) in [5.41, 5.74) is 2.84. The van der Waals surface area contributed by atoms with Crippen LogP contribution in [-0.4, -0.2) is 21.7 Å². The number of rotatable bonds is 3. The number of benzene rings is 1. The van der Waals surface area contributed by atoms with Crippen LogP contribution in [0.1, 0.15) is 36.9 Å². The second-order valence-corrected chi connectivity index (χ2v) is 6.47. The van der Waals surface area contributed by atoms with E-state index >= 15 is 0 Å². The molecular weight excluding hydrogens is 290 g/mol. The van der Waals surface area contributed by atoms with E-state index in [0.29, 0.717) is 5.92 Å². The maximum Gasteiger partial charge on any atom is 0.267 e. The molecule has 1 atom stereocenters. The van der Waals surface area contributed by atoms with Crippen molar-refractivity contribution >= 4 is 11.6 Å². The highest BCUT2D eigenvalue weighted by Gasteiger charge is 2.31. The van der Waals surface area contributed by atoms with Gasteiger partial charge < -0.3 is 4.90 Å². The summed E-state index contributed by atoms with van der Waals surface area (Å²) < 4.78 is 1.31. The normalized spacial score (nSPS) is 19.7. The van der Waals surface area contributed by atoms with E-state index in [1.165, 1.54) is 16.3 Å². The minimum absolute atomic E-state index is 0.00192. The molecule has 2 aliphatic rings. The lowest BCUT2D eigenvalue weighted by Crippen LogP contribution is -2.40. The number of carbonyl (C=O) groups is 1. The summed E-state index contributed by atoms with van der Waals surface area (Å²) in [6.07, 6.45) is 3.09. The number of hydrogen-bond acceptors (Lipinski definition) is 3. The number of anilines is 1. The van der Waals surface area contributed by atoms with Crippen LogP contribution in [0.2, 0.25) is 0 Å². The fourth-order valence-electron chi connectivity index (χ4n) is 3.32. The smallest absolute Gasteiger partial charge is 0.267 e. The van der Waals surface area contributed by atoms with Crippen LogP contribution in [0.5, 0.6) is 0 Å². The van der Waals surface area contributed by atoms with Crippen LogP contribution in [0.3, 0.4) is 0 Å². The van der Waals surface area contributed by atoms with Crippen LogP contribution < -0.4 is 10.5 Å². The number of para-hydroxylation sites is 1. The predicted octanol–water partition coefficient (Wildman–Crippen LogP) is 2.10. The average molecular weight is 309 g/mol. The Morgan fingerprint density at radius 2 is 2.00 bits per heavy atom. The molecule has 23 heavy (non-hydrogen) atoms. The molecular formula is C18H19N3O2. The van der Waals surface area contributed by atoms with Gasteiger partial charge in [0.1, 0.15) is 6.54 Å². The van der Waals surface area contributed by atoms with Gasteiger partial charge in [-0.1, -0.05) is 18.2 Å². The van der Waals surface area contributed by atoms with Crippen molar-refractivity contribution in [3.05, 3.63) is 58.0 Å². The molecule has 4 rings (SSSR count). The fourth-order valence-corrected chi connectivity index (χ4v) is 3.32. The van der Waals surface area contributed by atoms with Gasteiger partial charge in [0.15, 0.2) is 0 Å². The molecule has 0 radical (unpaired) electrons. The molecule has 1 aliphatic carbocycles. The monoisotopic (exact) mass is 309 g/mol. The molecule has 0 saturated heterocycles. The fraction of sp³-hybridized carbons (Fsp3) is 0.389. The zero-order valence-electron chi connectivity index (χ0n) is 13.1. The number of carbonyl (C=O) groups excluding carboxylic acids is 1. The highest BCUT2D eigenvalue weighted by Crippen LogP contribution is 2.38. The van der Waals surface area contributed by atoms with E-state index in [2.05, 4.69) is 11.2 Å². The summed E-state index contributed by atoms with van der Waals surface area (Å²) in [6, 6.07) is 11.4. The lowest BCUT2D eigenvalue weighted by atomic mass is 10.1. The molecule has 118 valence electrons. The zero-order valence-corrected chi connectivity index (χ0v) is 13.1. The van der Waals surface area contributed by atoms with E-state index in [1.807, 2.05) is 25.1 Å². The van der Waals surface area contributed by atoms with Crippen molar-refractivity contribution in [3.63, 3.8) is 0 Å². The van der Waals surface area contributed by atoms with Gasteiger partial charge in [-0.05, 0) is 43.9 Å². The molecule has 1 saturated carbocycles. The molecule has 1 fully saturated rings. The van der Waals surface area contributed by atoms with Gasteiger partial charge in [0.05, 0.1) is 5.69 Å². The van der Waals surface area contributed by atoms with Gasteiger partial charge in [-0.25, -0.2) is 4.68 Å². The Bertz CT molecular complexity index is 823. The molecule has 5 heteroatoms. The van der Waals surface area contributed by atoms with E-state index in [4.69, 9.17) is 0 Å². The first-order chi connectivity index (χ1) is 11.1. The van der Waals surface area contributed by atoms with Crippen molar-refractivity contribution in [1.82, 2.24) is 9.78 Å². The van der Waals surface area contributed by atoms with Crippen LogP contribution >= 0.6 is 0 Å². The number of amides is 1. The van der Waals surface area contributed by atoms with Gasteiger partial charge in [-0.3, -0.25) is 9.59 Å². The number of hydrogen-bond donors (Lipinski definition) is 0. The minimum atomic E-state index is -0.220. The van der Waals surface area contributed by atoms with Gasteiger partial charge in [-0.2, -0.15) is 5.10 Å². The van der Waals surface area contributed by atoms with Crippen LogP contribution in [0.4, 0.5) is 5.69 Å².